The first-order chi connectivity index (χ1) is 10.8. The van der Waals surface area contributed by atoms with Crippen LogP contribution in [0.15, 0.2) is 12.4 Å². The van der Waals surface area contributed by atoms with E-state index in [0.717, 1.165) is 43.7 Å². The molecule has 0 aromatic carbocycles. The monoisotopic (exact) mass is 320 g/mol. The molecule has 1 amide bonds. The van der Waals surface area contributed by atoms with Crippen molar-refractivity contribution in [2.45, 2.75) is 65.1 Å². The zero-order valence-corrected chi connectivity index (χ0v) is 14.6. The molecule has 2 heterocycles. The van der Waals surface area contributed by atoms with Crippen molar-refractivity contribution in [3.63, 3.8) is 0 Å². The normalized spacial score (nSPS) is 18.8. The molecule has 1 aromatic rings. The average Bonchev–Trinajstić information content (AvgIpc) is 2.48. The van der Waals surface area contributed by atoms with Crippen molar-refractivity contribution in [1.82, 2.24) is 20.2 Å². The lowest BCUT2D eigenvalue weighted by Crippen LogP contribution is -2.50. The van der Waals surface area contributed by atoms with Crippen LogP contribution in [0, 0.1) is 6.92 Å². The van der Waals surface area contributed by atoms with E-state index in [-0.39, 0.29) is 12.1 Å². The molecule has 0 spiro atoms. The quantitative estimate of drug-likeness (QED) is 0.924. The summed E-state index contributed by atoms with van der Waals surface area (Å²) < 4.78 is 5.52. The van der Waals surface area contributed by atoms with Crippen molar-refractivity contribution in [2.75, 3.05) is 13.1 Å². The van der Waals surface area contributed by atoms with Crippen molar-refractivity contribution in [2.24, 2.45) is 0 Å². The number of amides is 1. The highest BCUT2D eigenvalue weighted by Crippen LogP contribution is 2.20. The van der Waals surface area contributed by atoms with Crippen LogP contribution in [0.5, 0.6) is 0 Å². The average molecular weight is 320 g/mol. The van der Waals surface area contributed by atoms with Gasteiger partial charge in [0.2, 0.25) is 0 Å². The molecule has 1 unspecified atom stereocenters. The molecule has 128 valence electrons. The summed E-state index contributed by atoms with van der Waals surface area (Å²) in [6.07, 6.45) is 6.54. The number of aromatic nitrogens is 2. The lowest BCUT2D eigenvalue weighted by molar-refractivity contribution is 0.00993. The Balaban J connectivity index is 1.86. The minimum absolute atomic E-state index is 0.178. The van der Waals surface area contributed by atoms with Crippen LogP contribution in [0.3, 0.4) is 0 Å². The van der Waals surface area contributed by atoms with E-state index in [9.17, 15) is 4.79 Å². The number of ether oxygens (including phenoxy) is 1. The second kappa shape index (κ2) is 7.73. The minimum Gasteiger partial charge on any atom is -0.444 e. The van der Waals surface area contributed by atoms with Gasteiger partial charge in [0.15, 0.2) is 0 Å². The maximum atomic E-state index is 12.3. The Morgan fingerprint density at radius 1 is 1.35 bits per heavy atom. The highest BCUT2D eigenvalue weighted by Gasteiger charge is 2.30. The van der Waals surface area contributed by atoms with Crippen LogP contribution in [-0.4, -0.2) is 45.7 Å². The Morgan fingerprint density at radius 3 is 2.78 bits per heavy atom. The molecule has 1 atom stereocenters. The van der Waals surface area contributed by atoms with E-state index in [1.165, 1.54) is 0 Å². The molecular weight excluding hydrogens is 292 g/mol. The fraction of sp³-hybridized carbons (Fsp3) is 0.706. The van der Waals surface area contributed by atoms with Crippen molar-refractivity contribution >= 4 is 6.09 Å². The zero-order chi connectivity index (χ0) is 16.9. The van der Waals surface area contributed by atoms with Crippen molar-refractivity contribution in [1.29, 1.82) is 0 Å². The Morgan fingerprint density at radius 2 is 2.13 bits per heavy atom. The number of likely N-dealkylation sites (tertiary alicyclic amines) is 1. The second-order valence-electron chi connectivity index (χ2n) is 7.10. The fourth-order valence-corrected chi connectivity index (χ4v) is 2.65. The number of hydrogen-bond acceptors (Lipinski definition) is 5. The van der Waals surface area contributed by atoms with Crippen molar-refractivity contribution in [3.8, 4) is 0 Å². The Bertz CT molecular complexity index is 510. The number of hydrogen-bond donors (Lipinski definition) is 1. The molecule has 1 aromatic heterocycles. The van der Waals surface area contributed by atoms with Gasteiger partial charge in [-0.2, -0.15) is 0 Å². The second-order valence-corrected chi connectivity index (χ2v) is 7.10. The van der Waals surface area contributed by atoms with Gasteiger partial charge in [-0.15, -0.1) is 0 Å². The van der Waals surface area contributed by atoms with E-state index in [4.69, 9.17) is 4.74 Å². The fourth-order valence-electron chi connectivity index (χ4n) is 2.65. The van der Waals surface area contributed by atoms with Crippen molar-refractivity contribution in [3.05, 3.63) is 23.8 Å². The Kier molecular flexibility index (Phi) is 5.93. The smallest absolute Gasteiger partial charge is 0.410 e. The molecular formula is C17H28N4O2. The van der Waals surface area contributed by atoms with E-state index in [0.29, 0.717) is 6.54 Å². The predicted molar refractivity (Wildman–Crippen MR) is 89.1 cm³/mol. The van der Waals surface area contributed by atoms with Gasteiger partial charge in [0, 0.05) is 38.1 Å². The number of nitrogens with zero attached hydrogens (tertiary/aromatic N) is 3. The number of nitrogens with one attached hydrogen (secondary N) is 1. The van der Waals surface area contributed by atoms with E-state index in [1.807, 2.05) is 32.6 Å². The lowest BCUT2D eigenvalue weighted by Gasteiger charge is -2.36. The van der Waals surface area contributed by atoms with Crippen LogP contribution >= 0.6 is 0 Å². The summed E-state index contributed by atoms with van der Waals surface area (Å²) >= 11 is 0. The summed E-state index contributed by atoms with van der Waals surface area (Å²) in [5, 5.41) is 3.39. The first kappa shape index (κ1) is 17.7. The summed E-state index contributed by atoms with van der Waals surface area (Å²) in [5.41, 5.74) is 1.37. The van der Waals surface area contributed by atoms with Crippen LogP contribution in [0.2, 0.25) is 0 Å². The van der Waals surface area contributed by atoms with Gasteiger partial charge in [0.1, 0.15) is 5.60 Å². The third kappa shape index (κ3) is 5.78. The molecule has 0 radical (unpaired) electrons. The van der Waals surface area contributed by atoms with E-state index < -0.39 is 5.60 Å². The predicted octanol–water partition coefficient (Wildman–Crippen LogP) is 2.66. The van der Waals surface area contributed by atoms with Crippen LogP contribution in [-0.2, 0) is 11.3 Å². The number of rotatable bonds is 4. The third-order valence-corrected chi connectivity index (χ3v) is 3.78. The molecule has 6 nitrogen and oxygen atoms in total. The number of piperidine rings is 1. The van der Waals surface area contributed by atoms with Crippen LogP contribution < -0.4 is 5.32 Å². The van der Waals surface area contributed by atoms with Gasteiger partial charge >= 0.3 is 6.09 Å². The van der Waals surface area contributed by atoms with Gasteiger partial charge in [-0.25, -0.2) is 4.79 Å². The molecule has 0 aliphatic carbocycles. The number of carbonyl (C=O) groups is 1. The van der Waals surface area contributed by atoms with Gasteiger partial charge in [-0.05, 0) is 47.0 Å². The van der Waals surface area contributed by atoms with Gasteiger partial charge in [-0.1, -0.05) is 0 Å². The largest absolute Gasteiger partial charge is 0.444 e. The molecule has 1 N–H and O–H groups in total. The maximum absolute atomic E-state index is 12.3. The van der Waals surface area contributed by atoms with E-state index >= 15 is 0 Å². The third-order valence-electron chi connectivity index (χ3n) is 3.78. The van der Waals surface area contributed by atoms with Crippen LogP contribution in [0.1, 0.15) is 51.4 Å². The Hall–Kier alpha value is -1.69. The van der Waals surface area contributed by atoms with Gasteiger partial charge < -0.3 is 15.0 Å². The first-order valence-corrected chi connectivity index (χ1v) is 8.33. The summed E-state index contributed by atoms with van der Waals surface area (Å²) in [7, 11) is 0. The molecule has 1 aliphatic heterocycles. The van der Waals surface area contributed by atoms with Gasteiger partial charge in [0.05, 0.1) is 11.4 Å². The topological polar surface area (TPSA) is 67.4 Å². The highest BCUT2D eigenvalue weighted by molar-refractivity contribution is 5.68. The summed E-state index contributed by atoms with van der Waals surface area (Å²) in [6.45, 7) is 9.80. The number of aryl methyl sites for hydroxylation is 1. The molecule has 0 bridgehead atoms. The summed E-state index contributed by atoms with van der Waals surface area (Å²) in [5.74, 6) is 0. The summed E-state index contributed by atoms with van der Waals surface area (Å²) in [4.78, 5) is 22.8. The highest BCUT2D eigenvalue weighted by atomic mass is 16.6. The molecule has 2 rings (SSSR count). The Labute approximate surface area is 138 Å². The van der Waals surface area contributed by atoms with E-state index in [1.54, 1.807) is 12.4 Å². The molecule has 6 heteroatoms. The molecule has 1 saturated heterocycles. The van der Waals surface area contributed by atoms with Crippen LogP contribution in [0.4, 0.5) is 4.79 Å². The lowest BCUT2D eigenvalue weighted by atomic mass is 10.0. The van der Waals surface area contributed by atoms with Crippen LogP contribution in [0.25, 0.3) is 0 Å². The molecule has 1 fully saturated rings. The molecule has 1 aliphatic rings. The summed E-state index contributed by atoms with van der Waals surface area (Å²) in [6, 6.07) is 0.178. The maximum Gasteiger partial charge on any atom is 0.410 e. The number of carbonyl (C=O) groups excluding carboxylic acids is 1. The molecule has 0 saturated carbocycles. The zero-order valence-electron chi connectivity index (χ0n) is 14.6. The first-order valence-electron chi connectivity index (χ1n) is 8.33. The van der Waals surface area contributed by atoms with Crippen molar-refractivity contribution < 1.29 is 9.53 Å². The standard InChI is InChI=1S/C17H28N4O2/c1-13-9-20-14(11-19-13)10-18-12-15-7-5-6-8-21(15)16(22)23-17(2,3)4/h9,11,15,18H,5-8,10,12H2,1-4H3. The molecule has 23 heavy (non-hydrogen) atoms. The van der Waals surface area contributed by atoms with Gasteiger partial charge in [-0.3, -0.25) is 9.97 Å². The van der Waals surface area contributed by atoms with E-state index in [2.05, 4.69) is 15.3 Å². The minimum atomic E-state index is -0.454. The van der Waals surface area contributed by atoms with Gasteiger partial charge in [0.25, 0.3) is 0 Å². The SMILES string of the molecule is Cc1cnc(CNCC2CCCCN2C(=O)OC(C)(C)C)cn1.